The molecule has 0 aliphatic rings. The summed E-state index contributed by atoms with van der Waals surface area (Å²) < 4.78 is 0. The van der Waals surface area contributed by atoms with Gasteiger partial charge in [-0.3, -0.25) is 9.97 Å². The maximum atomic E-state index is 11.4. The molecule has 0 unspecified atom stereocenters. The van der Waals surface area contributed by atoms with Crippen LogP contribution in [0.4, 0.5) is 0 Å². The molecule has 0 radical (unpaired) electrons. The molecule has 0 fully saturated rings. The van der Waals surface area contributed by atoms with Gasteiger partial charge in [0.1, 0.15) is 0 Å². The number of hydrogen-bond acceptors (Lipinski definition) is 7. The Hall–Kier alpha value is -6.76. The smallest absolute Gasteiger partial charge is 0.188 e. The Labute approximate surface area is 401 Å². The van der Waals surface area contributed by atoms with Crippen LogP contribution in [0.3, 0.4) is 0 Å². The molecule has 10 aromatic rings. The molecule has 3 aromatic heterocycles. The zero-order valence-electron chi connectivity index (χ0n) is 40.1. The lowest BCUT2D eigenvalue weighted by molar-refractivity contribution is 0.468. The molecule has 338 valence electrons. The van der Waals surface area contributed by atoms with E-state index in [1.54, 1.807) is 0 Å². The fraction of sp³-hybridized carbons (Fsp3) is 0.203. The molecule has 0 saturated carbocycles. The monoisotopic (exact) mass is 923 g/mol. The van der Waals surface area contributed by atoms with Crippen LogP contribution in [0.15, 0.2) is 164 Å². The number of hydrogen-bond donors (Lipinski definition) is 2. The highest BCUT2D eigenvalue weighted by atomic mass is 28.4. The molecule has 3 heterocycles. The number of pyridine rings is 2. The summed E-state index contributed by atoms with van der Waals surface area (Å²) in [5, 5.41) is 5.93. The van der Waals surface area contributed by atoms with Crippen molar-refractivity contribution in [2.75, 3.05) is 0 Å². The van der Waals surface area contributed by atoms with Crippen LogP contribution < -0.4 is 0 Å². The minimum Gasteiger partial charge on any atom is -0.432 e. The molecule has 0 spiro atoms. The fourth-order valence-electron chi connectivity index (χ4n) is 9.40. The summed E-state index contributed by atoms with van der Waals surface area (Å²) in [4.78, 5) is 48.3. The van der Waals surface area contributed by atoms with Gasteiger partial charge >= 0.3 is 0 Å². The second-order valence-electron chi connectivity index (χ2n) is 20.7. The van der Waals surface area contributed by atoms with E-state index < -0.39 is 16.6 Å². The summed E-state index contributed by atoms with van der Waals surface area (Å²) >= 11 is 0. The molecular formula is C59H57N5O2Si2. The Morgan fingerprint density at radius 2 is 0.779 bits per heavy atom. The van der Waals surface area contributed by atoms with E-state index in [0.717, 1.165) is 93.4 Å². The van der Waals surface area contributed by atoms with Gasteiger partial charge in [0.2, 0.25) is 0 Å². The van der Waals surface area contributed by atoms with Crippen molar-refractivity contribution in [2.45, 2.75) is 76.8 Å². The van der Waals surface area contributed by atoms with Crippen molar-refractivity contribution in [1.82, 2.24) is 24.9 Å². The summed E-state index contributed by atoms with van der Waals surface area (Å²) in [5.41, 5.74) is 11.2. The van der Waals surface area contributed by atoms with Crippen molar-refractivity contribution in [3.63, 3.8) is 0 Å². The Morgan fingerprint density at radius 1 is 0.397 bits per heavy atom. The molecule has 0 aliphatic carbocycles. The fourth-order valence-corrected chi connectivity index (χ4v) is 10.7. The highest BCUT2D eigenvalue weighted by Crippen LogP contribution is 2.49. The van der Waals surface area contributed by atoms with E-state index in [9.17, 15) is 9.59 Å². The highest BCUT2D eigenvalue weighted by molar-refractivity contribution is 6.73. The van der Waals surface area contributed by atoms with Gasteiger partial charge in [-0.05, 0) is 122 Å². The third kappa shape index (κ3) is 8.13. The summed E-state index contributed by atoms with van der Waals surface area (Å²) in [6, 6.07) is 53.0. The number of rotatable bonds is 11. The zero-order chi connectivity index (χ0) is 47.6. The molecule has 7 aromatic carbocycles. The van der Waals surface area contributed by atoms with E-state index in [4.69, 9.17) is 24.9 Å². The summed E-state index contributed by atoms with van der Waals surface area (Å²) in [6.45, 7) is 16.8. The Kier molecular flexibility index (Phi) is 11.3. The first-order chi connectivity index (χ1) is 32.5. The minimum atomic E-state index is -2.54. The topological polar surface area (TPSA) is 105 Å². The van der Waals surface area contributed by atoms with Gasteiger partial charge in [-0.1, -0.05) is 161 Å². The van der Waals surface area contributed by atoms with Crippen LogP contribution in [-0.4, -0.2) is 51.1 Å². The van der Waals surface area contributed by atoms with Crippen LogP contribution in [0.5, 0.6) is 0 Å². The SMILES string of the molecule is CC(C)(Cc1ccc(-c2c3ccccc3c(-c3ccc(CC(C)(C)[Si](C)(C)O)c4ncccc34)c3cc(-c4nc(-c5ccccc5)nc(-c5ccccc5)n4)ccc23)c2cccnc12)[Si](C)(C)O. The molecule has 0 bridgehead atoms. The molecular weight excluding hydrogens is 867 g/mol. The second-order valence-corrected chi connectivity index (χ2v) is 29.6. The molecule has 9 heteroatoms. The minimum absolute atomic E-state index is 0.272. The molecule has 0 aliphatic heterocycles. The second kappa shape index (κ2) is 17.1. The van der Waals surface area contributed by atoms with E-state index >= 15 is 0 Å². The first kappa shape index (κ1) is 45.0. The first-order valence-electron chi connectivity index (χ1n) is 23.5. The third-order valence-electron chi connectivity index (χ3n) is 14.8. The van der Waals surface area contributed by atoms with E-state index in [-0.39, 0.29) is 10.1 Å². The normalized spacial score (nSPS) is 12.7. The van der Waals surface area contributed by atoms with Crippen LogP contribution in [0.2, 0.25) is 36.3 Å². The van der Waals surface area contributed by atoms with Gasteiger partial charge in [-0.15, -0.1) is 0 Å². The number of aromatic nitrogens is 5. The average Bonchev–Trinajstić information content (AvgIpc) is 3.33. The molecule has 0 saturated heterocycles. The average molecular weight is 924 g/mol. The van der Waals surface area contributed by atoms with Crippen molar-refractivity contribution >= 4 is 60.0 Å². The molecule has 0 atom stereocenters. The lowest BCUT2D eigenvalue weighted by Gasteiger charge is -2.35. The Balaban J connectivity index is 1.29. The Bertz CT molecular complexity index is 3490. The number of fused-ring (bicyclic) bond motifs is 4. The largest absolute Gasteiger partial charge is 0.432 e. The number of benzene rings is 7. The van der Waals surface area contributed by atoms with Crippen LogP contribution in [0.25, 0.3) is 99.8 Å². The van der Waals surface area contributed by atoms with Gasteiger partial charge in [0.25, 0.3) is 0 Å². The quantitative estimate of drug-likeness (QED) is 0.0983. The van der Waals surface area contributed by atoms with Gasteiger partial charge in [0.05, 0.1) is 11.0 Å². The maximum Gasteiger partial charge on any atom is 0.188 e. The van der Waals surface area contributed by atoms with Crippen LogP contribution in [0.1, 0.15) is 38.8 Å². The first-order valence-corrected chi connectivity index (χ1v) is 29.4. The zero-order valence-corrected chi connectivity index (χ0v) is 42.1. The molecule has 2 N–H and O–H groups in total. The van der Waals surface area contributed by atoms with Crippen molar-refractivity contribution in [1.29, 1.82) is 0 Å². The van der Waals surface area contributed by atoms with Gasteiger partial charge in [0.15, 0.2) is 34.1 Å². The molecule has 0 amide bonds. The highest BCUT2D eigenvalue weighted by Gasteiger charge is 2.39. The van der Waals surface area contributed by atoms with Crippen LogP contribution in [0, 0.1) is 0 Å². The van der Waals surface area contributed by atoms with Crippen molar-refractivity contribution in [2.24, 2.45) is 0 Å². The van der Waals surface area contributed by atoms with E-state index in [0.29, 0.717) is 30.3 Å². The standard InChI is InChI=1S/C59H57N5O2Si2/c1-58(2,67(5,6)65)36-41-28-31-45(48-25-17-33-60-53(41)48)51-43-23-15-16-24-44(43)52(46-32-29-42(37-59(3,4)68(7,8)66)54-49(46)26-18-34-61-54)50-35-40(27-30-47(50)51)57-63-55(38-19-11-9-12-20-38)62-56(64-57)39-21-13-10-14-22-39/h9-35,65-66H,36-37H2,1-8H3. The van der Waals surface area contributed by atoms with Crippen molar-refractivity contribution < 1.29 is 9.59 Å². The predicted molar refractivity (Wildman–Crippen MR) is 288 cm³/mol. The van der Waals surface area contributed by atoms with Crippen LogP contribution >= 0.6 is 0 Å². The lowest BCUT2D eigenvalue weighted by Crippen LogP contribution is -2.40. The van der Waals surface area contributed by atoms with Gasteiger partial charge < -0.3 is 9.59 Å². The van der Waals surface area contributed by atoms with Crippen LogP contribution in [-0.2, 0) is 12.8 Å². The van der Waals surface area contributed by atoms with Gasteiger partial charge in [-0.2, -0.15) is 0 Å². The lowest BCUT2D eigenvalue weighted by atomic mass is 9.82. The van der Waals surface area contributed by atoms with Gasteiger partial charge in [0, 0.05) is 39.9 Å². The number of nitrogens with zero attached hydrogens (tertiary/aromatic N) is 5. The van der Waals surface area contributed by atoms with Gasteiger partial charge in [-0.25, -0.2) is 15.0 Å². The third-order valence-corrected chi connectivity index (χ3v) is 21.8. The maximum absolute atomic E-state index is 11.4. The summed E-state index contributed by atoms with van der Waals surface area (Å²) in [6.07, 6.45) is 5.19. The van der Waals surface area contributed by atoms with E-state index in [1.165, 1.54) is 0 Å². The van der Waals surface area contributed by atoms with Crippen molar-refractivity contribution in [3.05, 3.63) is 175 Å². The molecule has 7 nitrogen and oxygen atoms in total. The van der Waals surface area contributed by atoms with Crippen molar-refractivity contribution in [3.8, 4) is 56.4 Å². The van der Waals surface area contributed by atoms with E-state index in [2.05, 4.69) is 107 Å². The molecule has 68 heavy (non-hydrogen) atoms. The van der Waals surface area contributed by atoms with E-state index in [1.807, 2.05) is 111 Å². The Morgan fingerprint density at radius 3 is 1.22 bits per heavy atom. The molecule has 10 rings (SSSR count). The summed E-state index contributed by atoms with van der Waals surface area (Å²) in [5.74, 6) is 1.79. The predicted octanol–water partition coefficient (Wildman–Crippen LogP) is 14.6. The summed E-state index contributed by atoms with van der Waals surface area (Å²) in [7, 11) is -5.06.